The Morgan fingerprint density at radius 2 is 1.97 bits per heavy atom. The third-order valence-corrected chi connectivity index (χ3v) is 6.14. The molecule has 5 nitrogen and oxygen atoms in total. The Bertz CT molecular complexity index is 1020. The van der Waals surface area contributed by atoms with Gasteiger partial charge in [-0.3, -0.25) is 14.4 Å². The molecule has 148 valence electrons. The Morgan fingerprint density at radius 1 is 1.17 bits per heavy atom. The number of rotatable bonds is 6. The number of ketones is 1. The number of Topliss-reactive ketones (excluding diaryl/α,β-unsaturated/α-hetero) is 1. The van der Waals surface area contributed by atoms with Gasteiger partial charge in [0, 0.05) is 5.39 Å². The number of fused-ring (bicyclic) bond motifs is 1. The summed E-state index contributed by atoms with van der Waals surface area (Å²) in [6.45, 7) is -0.319. The second kappa shape index (κ2) is 8.24. The highest BCUT2D eigenvalue weighted by Crippen LogP contribution is 2.35. The zero-order chi connectivity index (χ0) is 20.3. The van der Waals surface area contributed by atoms with E-state index < -0.39 is 5.54 Å². The van der Waals surface area contributed by atoms with Crippen molar-refractivity contribution in [3.05, 3.63) is 58.5 Å². The first kappa shape index (κ1) is 19.4. The lowest BCUT2D eigenvalue weighted by atomic mass is 9.82. The Balaban J connectivity index is 1.57. The van der Waals surface area contributed by atoms with E-state index in [1.807, 2.05) is 23.6 Å². The first-order valence-electron chi connectivity index (χ1n) is 9.63. The molecule has 29 heavy (non-hydrogen) atoms. The van der Waals surface area contributed by atoms with Crippen molar-refractivity contribution < 1.29 is 18.8 Å². The van der Waals surface area contributed by atoms with Crippen molar-refractivity contribution in [3.63, 3.8) is 0 Å². The first-order valence-corrected chi connectivity index (χ1v) is 10.5. The van der Waals surface area contributed by atoms with Crippen molar-refractivity contribution in [2.24, 2.45) is 0 Å². The molecular weight excluding hydrogens is 386 g/mol. The van der Waals surface area contributed by atoms with Gasteiger partial charge in [-0.25, -0.2) is 0 Å². The molecule has 2 aromatic heterocycles. The van der Waals surface area contributed by atoms with E-state index in [1.165, 1.54) is 16.4 Å². The van der Waals surface area contributed by atoms with Gasteiger partial charge in [0.1, 0.15) is 17.7 Å². The average Bonchev–Trinajstić information content (AvgIpc) is 3.44. The van der Waals surface area contributed by atoms with Crippen LogP contribution in [0.4, 0.5) is 0 Å². The molecule has 0 atom stereocenters. The summed E-state index contributed by atoms with van der Waals surface area (Å²) in [5, 5.41) is 3.93. The summed E-state index contributed by atoms with van der Waals surface area (Å²) in [7, 11) is 0. The van der Waals surface area contributed by atoms with Crippen molar-refractivity contribution >= 4 is 34.0 Å². The van der Waals surface area contributed by atoms with E-state index >= 15 is 0 Å². The number of thiophene rings is 1. The van der Waals surface area contributed by atoms with Gasteiger partial charge in [0.25, 0.3) is 5.91 Å². The molecule has 1 fully saturated rings. The fraction of sp³-hybridized carbons (Fsp3) is 0.304. The lowest BCUT2D eigenvalue weighted by Crippen LogP contribution is -2.52. The van der Waals surface area contributed by atoms with Crippen LogP contribution in [0.25, 0.3) is 11.0 Å². The lowest BCUT2D eigenvalue weighted by molar-refractivity contribution is -0.166. The number of terminal acetylenes is 1. The number of benzene rings is 1. The summed E-state index contributed by atoms with van der Waals surface area (Å²) in [5.74, 6) is 2.35. The van der Waals surface area contributed by atoms with Crippen LogP contribution >= 0.6 is 11.3 Å². The van der Waals surface area contributed by atoms with Crippen LogP contribution in [0.1, 0.15) is 52.3 Å². The van der Waals surface area contributed by atoms with Gasteiger partial charge < -0.3 is 4.42 Å². The van der Waals surface area contributed by atoms with E-state index in [0.29, 0.717) is 23.3 Å². The summed E-state index contributed by atoms with van der Waals surface area (Å²) in [6.07, 6.45) is 10.1. The summed E-state index contributed by atoms with van der Waals surface area (Å²) in [5.41, 5.74) is -0.206. The van der Waals surface area contributed by atoms with Gasteiger partial charge in [-0.15, -0.1) is 17.8 Å². The van der Waals surface area contributed by atoms with Crippen molar-refractivity contribution in [1.82, 2.24) is 5.06 Å². The zero-order valence-corrected chi connectivity index (χ0v) is 16.7. The van der Waals surface area contributed by atoms with Crippen LogP contribution in [0, 0.1) is 12.3 Å². The molecule has 4 rings (SSSR count). The van der Waals surface area contributed by atoms with E-state index in [0.717, 1.165) is 24.6 Å². The second-order valence-electron chi connectivity index (χ2n) is 7.16. The predicted molar refractivity (Wildman–Crippen MR) is 112 cm³/mol. The molecule has 3 aromatic rings. The van der Waals surface area contributed by atoms with Crippen LogP contribution in [0.3, 0.4) is 0 Å². The smallest absolute Gasteiger partial charge is 0.288 e. The van der Waals surface area contributed by atoms with E-state index in [4.69, 9.17) is 15.7 Å². The van der Waals surface area contributed by atoms with Crippen LogP contribution in [-0.4, -0.2) is 28.9 Å². The van der Waals surface area contributed by atoms with Gasteiger partial charge in [0.2, 0.25) is 5.78 Å². The molecule has 6 heteroatoms. The number of furan rings is 1. The number of hydrogen-bond acceptors (Lipinski definition) is 5. The standard InChI is InChI=1S/C23H21NO4S/c1-2-23(12-6-3-7-13-23)24(22(26)21-11-8-14-29-21)27-16-18(25)20-15-17-9-4-5-10-19(17)28-20/h1,4-5,8-11,14-15H,3,6-7,12-13,16H2. The van der Waals surface area contributed by atoms with E-state index in [9.17, 15) is 9.59 Å². The minimum Gasteiger partial charge on any atom is -0.453 e. The number of carbonyl (C=O) groups excluding carboxylic acids is 2. The summed E-state index contributed by atoms with van der Waals surface area (Å²) in [6, 6.07) is 12.6. The molecule has 0 unspecified atom stereocenters. The number of amides is 1. The molecule has 1 aliphatic rings. The molecule has 0 radical (unpaired) electrons. The fourth-order valence-electron chi connectivity index (χ4n) is 3.73. The lowest BCUT2D eigenvalue weighted by Gasteiger charge is -2.41. The average molecular weight is 407 g/mol. The van der Waals surface area contributed by atoms with Gasteiger partial charge in [-0.1, -0.05) is 49.4 Å². The third kappa shape index (κ3) is 3.84. The topological polar surface area (TPSA) is 59.8 Å². The summed E-state index contributed by atoms with van der Waals surface area (Å²) < 4.78 is 5.62. The molecule has 1 aliphatic carbocycles. The monoisotopic (exact) mass is 407 g/mol. The minimum absolute atomic E-state index is 0.202. The molecule has 1 amide bonds. The van der Waals surface area contributed by atoms with Gasteiger partial charge in [-0.05, 0) is 36.4 Å². The largest absolute Gasteiger partial charge is 0.453 e. The molecule has 0 bridgehead atoms. The number of hydrogen-bond donors (Lipinski definition) is 0. The van der Waals surface area contributed by atoms with E-state index in [2.05, 4.69) is 5.92 Å². The van der Waals surface area contributed by atoms with Crippen molar-refractivity contribution in [1.29, 1.82) is 0 Å². The summed E-state index contributed by atoms with van der Waals surface area (Å²) >= 11 is 1.32. The molecule has 2 heterocycles. The van der Waals surface area contributed by atoms with Crippen LogP contribution in [0.15, 0.2) is 52.3 Å². The van der Waals surface area contributed by atoms with Crippen LogP contribution in [-0.2, 0) is 4.84 Å². The van der Waals surface area contributed by atoms with E-state index in [1.54, 1.807) is 24.3 Å². The Kier molecular flexibility index (Phi) is 5.52. The third-order valence-electron chi connectivity index (χ3n) is 5.28. The van der Waals surface area contributed by atoms with Gasteiger partial charge in [0.15, 0.2) is 5.76 Å². The highest BCUT2D eigenvalue weighted by atomic mass is 32.1. The van der Waals surface area contributed by atoms with Crippen molar-refractivity contribution in [2.45, 2.75) is 37.6 Å². The van der Waals surface area contributed by atoms with E-state index in [-0.39, 0.29) is 24.1 Å². The Hall–Kier alpha value is -2.88. The molecule has 0 spiro atoms. The van der Waals surface area contributed by atoms with Gasteiger partial charge in [-0.2, -0.15) is 5.06 Å². The number of carbonyl (C=O) groups is 2. The Morgan fingerprint density at radius 3 is 2.66 bits per heavy atom. The fourth-order valence-corrected chi connectivity index (χ4v) is 4.38. The molecule has 1 saturated carbocycles. The number of para-hydroxylation sites is 1. The van der Waals surface area contributed by atoms with Crippen LogP contribution in [0.5, 0.6) is 0 Å². The van der Waals surface area contributed by atoms with Crippen LogP contribution in [0.2, 0.25) is 0 Å². The maximum absolute atomic E-state index is 13.1. The number of nitrogens with zero attached hydrogens (tertiary/aromatic N) is 1. The molecular formula is C23H21NO4S. The first-order chi connectivity index (χ1) is 14.1. The quantitative estimate of drug-likeness (QED) is 0.325. The molecule has 0 aliphatic heterocycles. The van der Waals surface area contributed by atoms with Gasteiger partial charge >= 0.3 is 0 Å². The highest BCUT2D eigenvalue weighted by Gasteiger charge is 2.41. The summed E-state index contributed by atoms with van der Waals surface area (Å²) in [4.78, 5) is 32.2. The normalized spacial score (nSPS) is 15.7. The predicted octanol–water partition coefficient (Wildman–Crippen LogP) is 5.09. The number of hydroxylamine groups is 2. The van der Waals surface area contributed by atoms with Crippen molar-refractivity contribution in [3.8, 4) is 12.3 Å². The minimum atomic E-state index is -0.840. The maximum atomic E-state index is 13.1. The molecule has 0 saturated heterocycles. The van der Waals surface area contributed by atoms with Gasteiger partial charge in [0.05, 0.1) is 4.88 Å². The molecule has 1 aromatic carbocycles. The second-order valence-corrected chi connectivity index (χ2v) is 8.11. The van der Waals surface area contributed by atoms with Crippen LogP contribution < -0.4 is 0 Å². The molecule has 0 N–H and O–H groups in total. The maximum Gasteiger partial charge on any atom is 0.288 e. The Labute approximate surface area is 173 Å². The van der Waals surface area contributed by atoms with Crippen molar-refractivity contribution in [2.75, 3.05) is 6.61 Å². The zero-order valence-electron chi connectivity index (χ0n) is 15.9. The highest BCUT2D eigenvalue weighted by molar-refractivity contribution is 7.12. The SMILES string of the molecule is C#CC1(N(OCC(=O)c2cc3ccccc3o2)C(=O)c2cccs2)CCCCC1.